The molecule has 1 saturated carbocycles. The number of likely N-dealkylation sites (N-methyl/N-ethyl adjacent to an activating group) is 1. The van der Waals surface area contributed by atoms with Crippen LogP contribution in [0.25, 0.3) is 0 Å². The number of hydrogen-bond acceptors (Lipinski definition) is 3. The van der Waals surface area contributed by atoms with E-state index in [0.717, 1.165) is 6.54 Å². The average molecular weight is 252 g/mol. The molecule has 0 spiro atoms. The molecular formula is C14H24N2O2. The summed E-state index contributed by atoms with van der Waals surface area (Å²) >= 11 is 0. The first-order valence-corrected chi connectivity index (χ1v) is 7.21. The standard InChI is InChI=1S/C14H24N2O2/c1-3-15-12(11-6-4-5-7-11)9-16-13(17)8-10(2)14(16)18/h10-12,15H,3-9H2,1-2H3. The lowest BCUT2D eigenvalue weighted by molar-refractivity contribution is -0.139. The number of carbonyl (C=O) groups is 2. The van der Waals surface area contributed by atoms with Crippen LogP contribution in [0.2, 0.25) is 0 Å². The predicted octanol–water partition coefficient (Wildman–Crippen LogP) is 1.55. The van der Waals surface area contributed by atoms with Crippen LogP contribution in [0.1, 0.15) is 46.0 Å². The number of likely N-dealkylation sites (tertiary alicyclic amines) is 1. The van der Waals surface area contributed by atoms with Crippen molar-refractivity contribution in [3.8, 4) is 0 Å². The highest BCUT2D eigenvalue weighted by atomic mass is 16.2. The minimum absolute atomic E-state index is 0.00778. The van der Waals surface area contributed by atoms with Crippen LogP contribution >= 0.6 is 0 Å². The third-order valence-electron chi connectivity index (χ3n) is 4.28. The Morgan fingerprint density at radius 3 is 2.50 bits per heavy atom. The maximum Gasteiger partial charge on any atom is 0.232 e. The van der Waals surface area contributed by atoms with Crippen molar-refractivity contribution in [1.29, 1.82) is 0 Å². The molecule has 4 nitrogen and oxygen atoms in total. The van der Waals surface area contributed by atoms with Crippen molar-refractivity contribution >= 4 is 11.8 Å². The molecule has 0 radical (unpaired) electrons. The zero-order valence-corrected chi connectivity index (χ0v) is 11.4. The molecule has 2 unspecified atom stereocenters. The zero-order chi connectivity index (χ0) is 13.1. The monoisotopic (exact) mass is 252 g/mol. The number of amides is 2. The van der Waals surface area contributed by atoms with Gasteiger partial charge in [-0.2, -0.15) is 0 Å². The van der Waals surface area contributed by atoms with Gasteiger partial charge in [0.1, 0.15) is 0 Å². The summed E-state index contributed by atoms with van der Waals surface area (Å²) in [5, 5.41) is 3.46. The minimum Gasteiger partial charge on any atom is -0.312 e. The third kappa shape index (κ3) is 2.74. The largest absolute Gasteiger partial charge is 0.312 e. The highest BCUT2D eigenvalue weighted by molar-refractivity contribution is 6.03. The number of hydrogen-bond donors (Lipinski definition) is 1. The van der Waals surface area contributed by atoms with Gasteiger partial charge < -0.3 is 5.32 Å². The average Bonchev–Trinajstić information content (AvgIpc) is 2.93. The van der Waals surface area contributed by atoms with Gasteiger partial charge in [0, 0.05) is 24.9 Å². The summed E-state index contributed by atoms with van der Waals surface area (Å²) in [5.41, 5.74) is 0. The number of nitrogens with zero attached hydrogens (tertiary/aromatic N) is 1. The van der Waals surface area contributed by atoms with Crippen molar-refractivity contribution in [2.24, 2.45) is 11.8 Å². The lowest BCUT2D eigenvalue weighted by Crippen LogP contribution is -2.47. The molecule has 0 aromatic rings. The molecule has 0 aromatic heterocycles. The van der Waals surface area contributed by atoms with Crippen LogP contribution in [-0.2, 0) is 9.59 Å². The first-order chi connectivity index (χ1) is 8.63. The first-order valence-electron chi connectivity index (χ1n) is 7.21. The summed E-state index contributed by atoms with van der Waals surface area (Å²) in [4.78, 5) is 25.3. The fourth-order valence-corrected chi connectivity index (χ4v) is 3.24. The van der Waals surface area contributed by atoms with Gasteiger partial charge in [-0.15, -0.1) is 0 Å². The Kier molecular flexibility index (Phi) is 4.38. The molecule has 102 valence electrons. The molecular weight excluding hydrogens is 228 g/mol. The molecule has 2 rings (SSSR count). The molecule has 1 aliphatic carbocycles. The summed E-state index contributed by atoms with van der Waals surface area (Å²) in [5.74, 6) is 0.527. The smallest absolute Gasteiger partial charge is 0.232 e. The number of nitrogens with one attached hydrogen (secondary N) is 1. The number of carbonyl (C=O) groups excluding carboxylic acids is 2. The highest BCUT2D eigenvalue weighted by Crippen LogP contribution is 2.29. The summed E-state index contributed by atoms with van der Waals surface area (Å²) in [6.45, 7) is 5.39. The second kappa shape index (κ2) is 5.83. The van der Waals surface area contributed by atoms with Crippen LogP contribution in [0.3, 0.4) is 0 Å². The minimum atomic E-state index is -0.122. The Hall–Kier alpha value is -0.900. The van der Waals surface area contributed by atoms with Gasteiger partial charge in [0.05, 0.1) is 0 Å². The summed E-state index contributed by atoms with van der Waals surface area (Å²) in [6.07, 6.45) is 5.41. The molecule has 1 saturated heterocycles. The van der Waals surface area contributed by atoms with E-state index in [1.165, 1.54) is 30.6 Å². The van der Waals surface area contributed by atoms with Crippen LogP contribution < -0.4 is 5.32 Å². The topological polar surface area (TPSA) is 49.4 Å². The van der Waals surface area contributed by atoms with Gasteiger partial charge in [-0.1, -0.05) is 26.7 Å². The van der Waals surface area contributed by atoms with E-state index < -0.39 is 0 Å². The maximum atomic E-state index is 11.9. The number of imide groups is 1. The number of rotatable bonds is 5. The van der Waals surface area contributed by atoms with Crippen molar-refractivity contribution in [3.05, 3.63) is 0 Å². The fraction of sp³-hybridized carbons (Fsp3) is 0.857. The van der Waals surface area contributed by atoms with E-state index in [4.69, 9.17) is 0 Å². The van der Waals surface area contributed by atoms with Crippen LogP contribution in [0, 0.1) is 11.8 Å². The van der Waals surface area contributed by atoms with Crippen molar-refractivity contribution in [1.82, 2.24) is 10.2 Å². The second-order valence-electron chi connectivity index (χ2n) is 5.66. The Morgan fingerprint density at radius 2 is 2.00 bits per heavy atom. The van der Waals surface area contributed by atoms with Gasteiger partial charge >= 0.3 is 0 Å². The van der Waals surface area contributed by atoms with Crippen LogP contribution in [0.15, 0.2) is 0 Å². The van der Waals surface area contributed by atoms with Gasteiger partial charge in [-0.3, -0.25) is 14.5 Å². The molecule has 4 heteroatoms. The molecule has 2 atom stereocenters. The molecule has 1 heterocycles. The third-order valence-corrected chi connectivity index (χ3v) is 4.28. The molecule has 1 aliphatic heterocycles. The molecule has 0 aromatic carbocycles. The SMILES string of the molecule is CCNC(CN1C(=O)CC(C)C1=O)C1CCCC1. The van der Waals surface area contributed by atoms with E-state index in [0.29, 0.717) is 18.9 Å². The van der Waals surface area contributed by atoms with Crippen molar-refractivity contribution in [2.45, 2.75) is 52.0 Å². The summed E-state index contributed by atoms with van der Waals surface area (Å²) < 4.78 is 0. The normalized spacial score (nSPS) is 27.2. The molecule has 2 fully saturated rings. The Labute approximate surface area is 109 Å². The van der Waals surface area contributed by atoms with E-state index >= 15 is 0 Å². The lowest BCUT2D eigenvalue weighted by Gasteiger charge is -2.28. The second-order valence-corrected chi connectivity index (χ2v) is 5.66. The summed E-state index contributed by atoms with van der Waals surface area (Å²) in [6, 6.07) is 0.288. The van der Waals surface area contributed by atoms with Crippen LogP contribution in [-0.4, -0.2) is 35.8 Å². The fourth-order valence-electron chi connectivity index (χ4n) is 3.24. The van der Waals surface area contributed by atoms with E-state index in [9.17, 15) is 9.59 Å². The lowest BCUT2D eigenvalue weighted by atomic mass is 9.97. The van der Waals surface area contributed by atoms with E-state index in [-0.39, 0.29) is 23.8 Å². The Balaban J connectivity index is 1.99. The van der Waals surface area contributed by atoms with Crippen LogP contribution in [0.4, 0.5) is 0 Å². The highest BCUT2D eigenvalue weighted by Gasteiger charge is 2.38. The Morgan fingerprint density at radius 1 is 1.33 bits per heavy atom. The van der Waals surface area contributed by atoms with Gasteiger partial charge in [0.25, 0.3) is 0 Å². The first kappa shape index (κ1) is 13.5. The Bertz CT molecular complexity index is 324. The van der Waals surface area contributed by atoms with Gasteiger partial charge in [-0.05, 0) is 25.3 Å². The molecule has 2 amide bonds. The predicted molar refractivity (Wildman–Crippen MR) is 69.9 cm³/mol. The molecule has 0 bridgehead atoms. The van der Waals surface area contributed by atoms with Crippen molar-refractivity contribution in [2.75, 3.05) is 13.1 Å². The molecule has 18 heavy (non-hydrogen) atoms. The maximum absolute atomic E-state index is 11.9. The van der Waals surface area contributed by atoms with Crippen LogP contribution in [0.5, 0.6) is 0 Å². The van der Waals surface area contributed by atoms with Crippen molar-refractivity contribution < 1.29 is 9.59 Å². The quantitative estimate of drug-likeness (QED) is 0.755. The van der Waals surface area contributed by atoms with Gasteiger partial charge in [-0.25, -0.2) is 0 Å². The van der Waals surface area contributed by atoms with Gasteiger partial charge in [0.2, 0.25) is 11.8 Å². The zero-order valence-electron chi connectivity index (χ0n) is 11.4. The molecule has 1 N–H and O–H groups in total. The van der Waals surface area contributed by atoms with E-state index in [2.05, 4.69) is 12.2 Å². The van der Waals surface area contributed by atoms with Gasteiger partial charge in [0.15, 0.2) is 0 Å². The summed E-state index contributed by atoms with van der Waals surface area (Å²) in [7, 11) is 0. The van der Waals surface area contributed by atoms with Crippen molar-refractivity contribution in [3.63, 3.8) is 0 Å². The molecule has 2 aliphatic rings. The van der Waals surface area contributed by atoms with E-state index in [1.807, 2.05) is 6.92 Å². The van der Waals surface area contributed by atoms with E-state index in [1.54, 1.807) is 0 Å².